The predicted octanol–water partition coefficient (Wildman–Crippen LogP) is 2.18. The second kappa shape index (κ2) is 5.89. The largest absolute Gasteiger partial charge is 0.378 e. The number of hydrogen-bond donors (Lipinski definition) is 1. The van der Waals surface area contributed by atoms with Crippen LogP contribution in [0.2, 0.25) is 0 Å². The molecule has 1 aromatic heterocycles. The molecule has 0 bridgehead atoms. The van der Waals surface area contributed by atoms with E-state index in [0.717, 1.165) is 6.54 Å². The molecule has 0 aliphatic rings. The van der Waals surface area contributed by atoms with Gasteiger partial charge in [-0.1, -0.05) is 19.1 Å². The van der Waals surface area contributed by atoms with Gasteiger partial charge in [0.1, 0.15) is 0 Å². The first-order chi connectivity index (χ1) is 9.13. The zero-order chi connectivity index (χ0) is 13.8. The lowest BCUT2D eigenvalue weighted by Crippen LogP contribution is -2.24. The van der Waals surface area contributed by atoms with Crippen LogP contribution in [-0.4, -0.2) is 30.4 Å². The van der Waals surface area contributed by atoms with Crippen LogP contribution in [0, 0.1) is 0 Å². The van der Waals surface area contributed by atoms with Crippen molar-refractivity contribution < 1.29 is 0 Å². The summed E-state index contributed by atoms with van der Waals surface area (Å²) >= 11 is 0. The highest BCUT2D eigenvalue weighted by Crippen LogP contribution is 2.24. The fraction of sp³-hybridized carbons (Fsp3) is 0.400. The van der Waals surface area contributed by atoms with Crippen LogP contribution in [0.5, 0.6) is 0 Å². The topological polar surface area (TPSA) is 33.1 Å². The highest BCUT2D eigenvalue weighted by Gasteiger charge is 2.16. The second-order valence-corrected chi connectivity index (χ2v) is 4.86. The third-order valence-corrected chi connectivity index (χ3v) is 3.28. The Morgan fingerprint density at radius 1 is 1.32 bits per heavy atom. The van der Waals surface area contributed by atoms with Crippen molar-refractivity contribution in [2.75, 3.05) is 25.5 Å². The van der Waals surface area contributed by atoms with Gasteiger partial charge in [0.15, 0.2) is 0 Å². The SMILES string of the molecule is CCNC(c1cccc(N(C)C)c1)c1ccnn1C. The number of aromatic nitrogens is 2. The molecule has 1 aromatic carbocycles. The number of anilines is 1. The van der Waals surface area contributed by atoms with Gasteiger partial charge in [0.2, 0.25) is 0 Å². The average Bonchev–Trinajstić information content (AvgIpc) is 2.82. The molecule has 0 spiro atoms. The van der Waals surface area contributed by atoms with Crippen LogP contribution in [0.15, 0.2) is 36.5 Å². The van der Waals surface area contributed by atoms with Crippen LogP contribution in [0.1, 0.15) is 24.2 Å². The summed E-state index contributed by atoms with van der Waals surface area (Å²) in [5.74, 6) is 0. The molecular formula is C15H22N4. The van der Waals surface area contributed by atoms with Crippen molar-refractivity contribution >= 4 is 5.69 Å². The summed E-state index contributed by atoms with van der Waals surface area (Å²) in [5, 5.41) is 7.80. The highest BCUT2D eigenvalue weighted by atomic mass is 15.3. The molecule has 4 heteroatoms. The lowest BCUT2D eigenvalue weighted by molar-refractivity contribution is 0.573. The Kier molecular flexibility index (Phi) is 4.22. The lowest BCUT2D eigenvalue weighted by atomic mass is 10.0. The molecular weight excluding hydrogens is 236 g/mol. The van der Waals surface area contributed by atoms with Gasteiger partial charge in [0.25, 0.3) is 0 Å². The highest BCUT2D eigenvalue weighted by molar-refractivity contribution is 5.48. The minimum absolute atomic E-state index is 0.178. The molecule has 0 fully saturated rings. The van der Waals surface area contributed by atoms with E-state index in [1.54, 1.807) is 0 Å². The lowest BCUT2D eigenvalue weighted by Gasteiger charge is -2.21. The minimum atomic E-state index is 0.178. The Labute approximate surface area is 115 Å². The Balaban J connectivity index is 2.39. The molecule has 0 saturated heterocycles. The molecule has 102 valence electrons. The third kappa shape index (κ3) is 2.96. The smallest absolute Gasteiger partial charge is 0.0748 e. The zero-order valence-corrected chi connectivity index (χ0v) is 12.1. The Bertz CT molecular complexity index is 530. The van der Waals surface area contributed by atoms with Crippen molar-refractivity contribution in [3.05, 3.63) is 47.8 Å². The van der Waals surface area contributed by atoms with E-state index in [0.29, 0.717) is 0 Å². The van der Waals surface area contributed by atoms with Crippen LogP contribution in [0.4, 0.5) is 5.69 Å². The van der Waals surface area contributed by atoms with Gasteiger partial charge in [-0.05, 0) is 30.3 Å². The number of benzene rings is 1. The van der Waals surface area contributed by atoms with Crippen molar-refractivity contribution in [2.45, 2.75) is 13.0 Å². The van der Waals surface area contributed by atoms with Gasteiger partial charge in [-0.15, -0.1) is 0 Å². The van der Waals surface area contributed by atoms with Crippen LogP contribution < -0.4 is 10.2 Å². The maximum absolute atomic E-state index is 4.27. The molecule has 0 amide bonds. The Morgan fingerprint density at radius 3 is 2.68 bits per heavy atom. The van der Waals surface area contributed by atoms with Gasteiger partial charge in [0.05, 0.1) is 11.7 Å². The zero-order valence-electron chi connectivity index (χ0n) is 12.1. The number of aryl methyl sites for hydroxylation is 1. The maximum atomic E-state index is 4.27. The van der Waals surface area contributed by atoms with E-state index >= 15 is 0 Å². The van der Waals surface area contributed by atoms with Crippen LogP contribution in [-0.2, 0) is 7.05 Å². The first-order valence-electron chi connectivity index (χ1n) is 6.62. The number of hydrogen-bond acceptors (Lipinski definition) is 3. The van der Waals surface area contributed by atoms with Crippen molar-refractivity contribution in [3.63, 3.8) is 0 Å². The van der Waals surface area contributed by atoms with Crippen molar-refractivity contribution in [1.29, 1.82) is 0 Å². The van der Waals surface area contributed by atoms with E-state index in [1.807, 2.05) is 17.9 Å². The molecule has 0 aliphatic heterocycles. The molecule has 1 heterocycles. The molecule has 0 aliphatic carbocycles. The van der Waals surface area contributed by atoms with Crippen LogP contribution in [0.25, 0.3) is 0 Å². The van der Waals surface area contributed by atoms with Gasteiger partial charge in [-0.3, -0.25) is 4.68 Å². The summed E-state index contributed by atoms with van der Waals surface area (Å²) in [6.45, 7) is 3.04. The molecule has 2 rings (SSSR count). The van der Waals surface area contributed by atoms with E-state index in [2.05, 4.69) is 66.7 Å². The molecule has 4 nitrogen and oxygen atoms in total. The van der Waals surface area contributed by atoms with Crippen molar-refractivity contribution in [1.82, 2.24) is 15.1 Å². The fourth-order valence-corrected chi connectivity index (χ4v) is 2.25. The van der Waals surface area contributed by atoms with E-state index < -0.39 is 0 Å². The normalized spacial score (nSPS) is 12.4. The van der Waals surface area contributed by atoms with E-state index in [-0.39, 0.29) is 6.04 Å². The van der Waals surface area contributed by atoms with Crippen molar-refractivity contribution in [2.24, 2.45) is 7.05 Å². The minimum Gasteiger partial charge on any atom is -0.378 e. The monoisotopic (exact) mass is 258 g/mol. The van der Waals surface area contributed by atoms with E-state index in [4.69, 9.17) is 0 Å². The molecule has 19 heavy (non-hydrogen) atoms. The summed E-state index contributed by atoms with van der Waals surface area (Å²) in [7, 11) is 6.10. The molecule has 1 atom stereocenters. The summed E-state index contributed by atoms with van der Waals surface area (Å²) in [6.07, 6.45) is 1.84. The average molecular weight is 258 g/mol. The molecule has 0 saturated carbocycles. The predicted molar refractivity (Wildman–Crippen MR) is 79.5 cm³/mol. The first kappa shape index (κ1) is 13.6. The quantitative estimate of drug-likeness (QED) is 0.892. The maximum Gasteiger partial charge on any atom is 0.0748 e. The molecule has 1 unspecified atom stereocenters. The number of nitrogens with one attached hydrogen (secondary N) is 1. The molecule has 2 aromatic rings. The second-order valence-electron chi connectivity index (χ2n) is 4.86. The summed E-state index contributed by atoms with van der Waals surface area (Å²) < 4.78 is 1.93. The van der Waals surface area contributed by atoms with Crippen LogP contribution >= 0.6 is 0 Å². The van der Waals surface area contributed by atoms with Crippen LogP contribution in [0.3, 0.4) is 0 Å². The summed E-state index contributed by atoms with van der Waals surface area (Å²) in [4.78, 5) is 2.12. The van der Waals surface area contributed by atoms with E-state index in [9.17, 15) is 0 Å². The van der Waals surface area contributed by atoms with Gasteiger partial charge in [-0.2, -0.15) is 5.10 Å². The Hall–Kier alpha value is -1.81. The standard InChI is InChI=1S/C15H22N4/c1-5-16-15(14-9-10-17-19(14)4)12-7-6-8-13(11-12)18(2)3/h6-11,15-16H,5H2,1-4H3. The van der Waals surface area contributed by atoms with Gasteiger partial charge >= 0.3 is 0 Å². The van der Waals surface area contributed by atoms with E-state index in [1.165, 1.54) is 16.9 Å². The number of nitrogens with zero attached hydrogens (tertiary/aromatic N) is 3. The summed E-state index contributed by atoms with van der Waals surface area (Å²) in [6, 6.07) is 10.8. The van der Waals surface area contributed by atoms with Gasteiger partial charge in [0, 0.05) is 33.0 Å². The molecule has 0 radical (unpaired) electrons. The molecule has 1 N–H and O–H groups in total. The Morgan fingerprint density at radius 2 is 2.11 bits per heavy atom. The van der Waals surface area contributed by atoms with Crippen molar-refractivity contribution in [3.8, 4) is 0 Å². The third-order valence-electron chi connectivity index (χ3n) is 3.28. The summed E-state index contributed by atoms with van der Waals surface area (Å²) in [5.41, 5.74) is 3.65. The van der Waals surface area contributed by atoms with Gasteiger partial charge < -0.3 is 10.2 Å². The first-order valence-corrected chi connectivity index (χ1v) is 6.62. The fourth-order valence-electron chi connectivity index (χ4n) is 2.25. The van der Waals surface area contributed by atoms with Gasteiger partial charge in [-0.25, -0.2) is 0 Å². The number of rotatable bonds is 5.